The van der Waals surface area contributed by atoms with Crippen molar-refractivity contribution in [3.8, 4) is 11.3 Å². The molecule has 0 aliphatic heterocycles. The largest absolute Gasteiger partial charge is 0.444 e. The van der Waals surface area contributed by atoms with E-state index in [0.717, 1.165) is 16.1 Å². The molecule has 0 spiro atoms. The summed E-state index contributed by atoms with van der Waals surface area (Å²) in [5.74, 6) is -1.71. The van der Waals surface area contributed by atoms with Crippen molar-refractivity contribution in [1.29, 1.82) is 0 Å². The molecule has 170 valence electrons. The Kier molecular flexibility index (Phi) is 6.36. The lowest BCUT2D eigenvalue weighted by Gasteiger charge is -2.24. The van der Waals surface area contributed by atoms with Gasteiger partial charge in [-0.2, -0.15) is 0 Å². The third-order valence-corrected chi connectivity index (χ3v) is 6.02. The summed E-state index contributed by atoms with van der Waals surface area (Å²) < 4.78 is 60.7. The maximum atomic E-state index is 14.5. The van der Waals surface area contributed by atoms with Gasteiger partial charge in [0.1, 0.15) is 22.1 Å². The van der Waals surface area contributed by atoms with Crippen molar-refractivity contribution in [2.45, 2.75) is 37.8 Å². The maximum absolute atomic E-state index is 14.5. The molecule has 0 atom stereocenters. The van der Waals surface area contributed by atoms with Gasteiger partial charge in [0.05, 0.1) is 12.2 Å². The molecule has 0 bridgehead atoms. The van der Waals surface area contributed by atoms with E-state index >= 15 is 0 Å². The zero-order valence-corrected chi connectivity index (χ0v) is 18.9. The number of hydrogen-bond donors (Lipinski definition) is 0. The highest BCUT2D eigenvalue weighted by molar-refractivity contribution is 7.90. The van der Waals surface area contributed by atoms with E-state index in [1.165, 1.54) is 48.7 Å². The lowest BCUT2D eigenvalue weighted by atomic mass is 10.1. The van der Waals surface area contributed by atoms with Crippen molar-refractivity contribution in [1.82, 2.24) is 13.9 Å². The topological polar surface area (TPSA) is 81.5 Å². The van der Waals surface area contributed by atoms with Gasteiger partial charge >= 0.3 is 6.09 Å². The van der Waals surface area contributed by atoms with Crippen molar-refractivity contribution in [2.24, 2.45) is 0 Å². The number of aromatic nitrogens is 2. The fourth-order valence-corrected chi connectivity index (χ4v) is 4.32. The molecule has 0 aliphatic rings. The van der Waals surface area contributed by atoms with Crippen LogP contribution < -0.4 is 0 Å². The first-order chi connectivity index (χ1) is 14.9. The van der Waals surface area contributed by atoms with Crippen LogP contribution in [-0.2, 0) is 21.3 Å². The van der Waals surface area contributed by atoms with Gasteiger partial charge in [-0.25, -0.2) is 26.0 Å². The normalized spacial score (nSPS) is 11.9. The summed E-state index contributed by atoms with van der Waals surface area (Å²) in [5, 5.41) is 0. The average molecular weight is 464 g/mol. The molecule has 0 unspecified atom stereocenters. The third kappa shape index (κ3) is 5.13. The summed E-state index contributed by atoms with van der Waals surface area (Å²) in [5.41, 5.74) is -0.419. The number of rotatable bonds is 5. The van der Waals surface area contributed by atoms with Gasteiger partial charge in [-0.15, -0.1) is 0 Å². The van der Waals surface area contributed by atoms with Crippen molar-refractivity contribution < 1.29 is 26.7 Å². The number of hydrogen-bond acceptors (Lipinski definition) is 5. The van der Waals surface area contributed by atoms with E-state index in [0.29, 0.717) is 11.6 Å². The first-order valence-corrected chi connectivity index (χ1v) is 11.1. The van der Waals surface area contributed by atoms with Crippen molar-refractivity contribution in [3.05, 3.63) is 72.2 Å². The van der Waals surface area contributed by atoms with Crippen LogP contribution in [0.25, 0.3) is 11.3 Å². The summed E-state index contributed by atoms with van der Waals surface area (Å²) >= 11 is 0. The lowest BCUT2D eigenvalue weighted by molar-refractivity contribution is 0.0285. The second kappa shape index (κ2) is 8.70. The number of ether oxygens (including phenoxy) is 1. The molecule has 0 fully saturated rings. The van der Waals surface area contributed by atoms with Gasteiger partial charge in [0, 0.05) is 37.3 Å². The summed E-state index contributed by atoms with van der Waals surface area (Å²) in [6.07, 6.45) is 3.29. The zero-order valence-electron chi connectivity index (χ0n) is 18.0. The Hall–Kier alpha value is -3.27. The van der Waals surface area contributed by atoms with Crippen LogP contribution in [0.5, 0.6) is 0 Å². The molecule has 1 amide bonds. The number of benzene rings is 1. The van der Waals surface area contributed by atoms with E-state index in [9.17, 15) is 22.0 Å². The molecule has 2 heterocycles. The molecule has 0 N–H and O–H groups in total. The predicted molar refractivity (Wildman–Crippen MR) is 114 cm³/mol. The Morgan fingerprint density at radius 1 is 1.19 bits per heavy atom. The van der Waals surface area contributed by atoms with Crippen LogP contribution in [-0.4, -0.2) is 41.0 Å². The van der Waals surface area contributed by atoms with Crippen LogP contribution in [0.3, 0.4) is 0 Å². The molecule has 2 aromatic heterocycles. The number of halogens is 2. The Morgan fingerprint density at radius 3 is 2.50 bits per heavy atom. The summed E-state index contributed by atoms with van der Waals surface area (Å²) in [4.78, 5) is 17.3. The van der Waals surface area contributed by atoms with E-state index in [4.69, 9.17) is 4.74 Å². The van der Waals surface area contributed by atoms with Gasteiger partial charge in [-0.1, -0.05) is 0 Å². The monoisotopic (exact) mass is 463 g/mol. The number of pyridine rings is 1. The Bertz CT molecular complexity index is 1240. The fourth-order valence-electron chi connectivity index (χ4n) is 2.97. The quantitative estimate of drug-likeness (QED) is 0.559. The zero-order chi connectivity index (χ0) is 23.7. The van der Waals surface area contributed by atoms with Gasteiger partial charge in [0.25, 0.3) is 10.0 Å². The molecule has 0 saturated carbocycles. The van der Waals surface area contributed by atoms with Gasteiger partial charge in [0.2, 0.25) is 0 Å². The highest BCUT2D eigenvalue weighted by Gasteiger charge is 2.25. The second-order valence-electron chi connectivity index (χ2n) is 8.18. The molecule has 1 aromatic carbocycles. The van der Waals surface area contributed by atoms with Gasteiger partial charge in [-0.05, 0) is 56.7 Å². The molecule has 0 radical (unpaired) electrons. The minimum absolute atomic E-state index is 0.000284. The molecular weight excluding hydrogens is 440 g/mol. The molecule has 0 saturated heterocycles. The lowest BCUT2D eigenvalue weighted by Crippen LogP contribution is -2.33. The van der Waals surface area contributed by atoms with E-state index < -0.39 is 33.4 Å². The van der Waals surface area contributed by atoms with E-state index in [2.05, 4.69) is 4.98 Å². The van der Waals surface area contributed by atoms with E-state index in [1.807, 2.05) is 0 Å². The van der Waals surface area contributed by atoms with Gasteiger partial charge < -0.3 is 9.64 Å². The summed E-state index contributed by atoms with van der Waals surface area (Å²) in [6.45, 7) is 5.18. The van der Waals surface area contributed by atoms with Crippen LogP contribution in [0.2, 0.25) is 0 Å². The maximum Gasteiger partial charge on any atom is 0.410 e. The minimum Gasteiger partial charge on any atom is -0.444 e. The Labute approximate surface area is 185 Å². The molecule has 3 aromatic rings. The third-order valence-electron chi connectivity index (χ3n) is 4.37. The number of carbonyl (C=O) groups is 1. The van der Waals surface area contributed by atoms with Crippen LogP contribution in [0, 0.1) is 11.6 Å². The fraction of sp³-hybridized carbons (Fsp3) is 0.273. The highest BCUT2D eigenvalue weighted by Crippen LogP contribution is 2.30. The minimum atomic E-state index is -4.15. The van der Waals surface area contributed by atoms with Crippen LogP contribution in [0.1, 0.15) is 26.3 Å². The molecule has 3 rings (SSSR count). The van der Waals surface area contributed by atoms with Gasteiger partial charge in [0.15, 0.2) is 0 Å². The first kappa shape index (κ1) is 23.4. The molecular formula is C22H23F2N3O4S. The number of carbonyl (C=O) groups excluding carboxylic acids is 1. The number of amides is 1. The van der Waals surface area contributed by atoms with E-state index in [1.54, 1.807) is 20.8 Å². The summed E-state index contributed by atoms with van der Waals surface area (Å²) in [6, 6.07) is 7.14. The highest BCUT2D eigenvalue weighted by atomic mass is 32.2. The van der Waals surface area contributed by atoms with Crippen LogP contribution >= 0.6 is 0 Å². The molecule has 7 nitrogen and oxygen atoms in total. The van der Waals surface area contributed by atoms with Crippen molar-refractivity contribution in [3.63, 3.8) is 0 Å². The predicted octanol–water partition coefficient (Wildman–Crippen LogP) is 4.43. The molecule has 10 heteroatoms. The van der Waals surface area contributed by atoms with Crippen molar-refractivity contribution in [2.75, 3.05) is 7.05 Å². The molecule has 0 aliphatic carbocycles. The summed E-state index contributed by atoms with van der Waals surface area (Å²) in [7, 11) is -2.65. The number of nitrogens with zero attached hydrogens (tertiary/aromatic N) is 3. The smallest absolute Gasteiger partial charge is 0.410 e. The van der Waals surface area contributed by atoms with Crippen LogP contribution in [0.4, 0.5) is 13.6 Å². The van der Waals surface area contributed by atoms with Crippen molar-refractivity contribution >= 4 is 16.1 Å². The second-order valence-corrected chi connectivity index (χ2v) is 10.00. The van der Waals surface area contributed by atoms with E-state index in [-0.39, 0.29) is 22.7 Å². The van der Waals surface area contributed by atoms with Crippen LogP contribution in [0.15, 0.2) is 59.9 Å². The Morgan fingerprint density at radius 2 is 1.91 bits per heavy atom. The Balaban J connectivity index is 2.08. The standard InChI is InChI=1S/C22H23F2N3O4S/c1-22(2,3)31-21(28)26(4)13-15-10-20(18-8-7-16(23)11-19(18)24)27(14-15)32(29,30)17-6-5-9-25-12-17/h5-12,14H,13H2,1-4H3. The first-order valence-electron chi connectivity index (χ1n) is 9.65. The van der Waals surface area contributed by atoms with Gasteiger partial charge in [-0.3, -0.25) is 4.98 Å². The average Bonchev–Trinajstić information content (AvgIpc) is 3.11. The SMILES string of the molecule is CN(Cc1cc(-c2ccc(F)cc2F)n(S(=O)(=O)c2cccnc2)c1)C(=O)OC(C)(C)C. The molecule has 32 heavy (non-hydrogen) atoms.